The molecule has 0 bridgehead atoms. The molecule has 0 fully saturated rings. The Hall–Kier alpha value is -1.13. The summed E-state index contributed by atoms with van der Waals surface area (Å²) in [6, 6.07) is 4.34. The Kier molecular flexibility index (Phi) is 6.09. The van der Waals surface area contributed by atoms with Crippen molar-refractivity contribution < 1.29 is 13.9 Å². The van der Waals surface area contributed by atoms with Gasteiger partial charge in [0.25, 0.3) is 5.91 Å². The molecule has 1 aromatic carbocycles. The van der Waals surface area contributed by atoms with Crippen LogP contribution in [0.3, 0.4) is 0 Å². The maximum Gasteiger partial charge on any atom is 0.253 e. The third-order valence-electron chi connectivity index (χ3n) is 2.61. The summed E-state index contributed by atoms with van der Waals surface area (Å²) < 4.78 is 18.1. The summed E-state index contributed by atoms with van der Waals surface area (Å²) in [5.41, 5.74) is 0.925. The lowest BCUT2D eigenvalue weighted by molar-refractivity contribution is 0.0707. The van der Waals surface area contributed by atoms with Crippen LogP contribution in [0.5, 0.6) is 0 Å². The quantitative estimate of drug-likeness (QED) is 0.745. The van der Waals surface area contributed by atoms with Gasteiger partial charge < -0.3 is 9.64 Å². The van der Waals surface area contributed by atoms with Crippen LogP contribution in [-0.2, 0) is 4.74 Å². The number of amides is 1. The van der Waals surface area contributed by atoms with Crippen LogP contribution in [0.4, 0.5) is 4.39 Å². The summed E-state index contributed by atoms with van der Waals surface area (Å²) in [5.74, 6) is -0.113. The SMILES string of the molecule is COCCN(CCCl)C(=O)c1ccc(F)c(C)c1. The zero-order valence-corrected chi connectivity index (χ0v) is 11.3. The molecule has 3 nitrogen and oxygen atoms in total. The summed E-state index contributed by atoms with van der Waals surface area (Å²) in [4.78, 5) is 13.8. The van der Waals surface area contributed by atoms with Crippen LogP contribution in [0.2, 0.25) is 0 Å². The highest BCUT2D eigenvalue weighted by molar-refractivity contribution is 6.18. The Bertz CT molecular complexity index is 412. The molecule has 0 spiro atoms. The Morgan fingerprint density at radius 2 is 2.17 bits per heavy atom. The second-order valence-electron chi connectivity index (χ2n) is 3.94. The number of hydrogen-bond donors (Lipinski definition) is 0. The zero-order chi connectivity index (χ0) is 13.5. The van der Waals surface area contributed by atoms with Gasteiger partial charge in [0.2, 0.25) is 0 Å². The molecule has 5 heteroatoms. The summed E-state index contributed by atoms with van der Waals surface area (Å²) >= 11 is 5.67. The molecule has 0 N–H and O–H groups in total. The molecule has 100 valence electrons. The molecule has 0 unspecified atom stereocenters. The number of nitrogens with zero attached hydrogens (tertiary/aromatic N) is 1. The fourth-order valence-corrected chi connectivity index (χ4v) is 1.78. The normalized spacial score (nSPS) is 10.4. The van der Waals surface area contributed by atoms with Gasteiger partial charge in [0, 0.05) is 31.6 Å². The molecule has 1 amide bonds. The minimum absolute atomic E-state index is 0.157. The van der Waals surface area contributed by atoms with Gasteiger partial charge in [-0.25, -0.2) is 4.39 Å². The minimum Gasteiger partial charge on any atom is -0.383 e. The molecule has 0 saturated carbocycles. The van der Waals surface area contributed by atoms with E-state index in [4.69, 9.17) is 16.3 Å². The smallest absolute Gasteiger partial charge is 0.253 e. The van der Waals surface area contributed by atoms with Crippen LogP contribution in [0, 0.1) is 12.7 Å². The fourth-order valence-electron chi connectivity index (χ4n) is 1.58. The van der Waals surface area contributed by atoms with E-state index in [1.807, 2.05) is 0 Å². The van der Waals surface area contributed by atoms with Crippen molar-refractivity contribution in [2.75, 3.05) is 32.7 Å². The first-order valence-corrected chi connectivity index (χ1v) is 6.24. The van der Waals surface area contributed by atoms with E-state index in [0.717, 1.165) is 0 Å². The van der Waals surface area contributed by atoms with Gasteiger partial charge in [-0.2, -0.15) is 0 Å². The lowest BCUT2D eigenvalue weighted by Gasteiger charge is -2.21. The van der Waals surface area contributed by atoms with Crippen molar-refractivity contribution in [1.82, 2.24) is 4.90 Å². The molecular weight excluding hydrogens is 257 g/mol. The van der Waals surface area contributed by atoms with Gasteiger partial charge in [0.05, 0.1) is 6.61 Å². The van der Waals surface area contributed by atoms with Crippen LogP contribution < -0.4 is 0 Å². The summed E-state index contributed by atoms with van der Waals surface area (Å²) in [7, 11) is 1.57. The number of methoxy groups -OCH3 is 1. The topological polar surface area (TPSA) is 29.5 Å². The predicted octanol–water partition coefficient (Wildman–Crippen LogP) is 2.46. The van der Waals surface area contributed by atoms with Gasteiger partial charge >= 0.3 is 0 Å². The van der Waals surface area contributed by atoms with Crippen molar-refractivity contribution in [2.24, 2.45) is 0 Å². The third-order valence-corrected chi connectivity index (χ3v) is 2.78. The molecule has 1 rings (SSSR count). The number of aryl methyl sites for hydroxylation is 1. The van der Waals surface area contributed by atoms with Crippen LogP contribution in [0.1, 0.15) is 15.9 Å². The molecular formula is C13H17ClFNO2. The van der Waals surface area contributed by atoms with Crippen molar-refractivity contribution >= 4 is 17.5 Å². The Morgan fingerprint density at radius 1 is 1.44 bits per heavy atom. The van der Waals surface area contributed by atoms with Crippen molar-refractivity contribution in [3.8, 4) is 0 Å². The van der Waals surface area contributed by atoms with Gasteiger partial charge in [0.15, 0.2) is 0 Å². The molecule has 0 atom stereocenters. The lowest BCUT2D eigenvalue weighted by atomic mass is 10.1. The summed E-state index contributed by atoms with van der Waals surface area (Å²) in [5, 5.41) is 0. The maximum absolute atomic E-state index is 13.1. The van der Waals surface area contributed by atoms with E-state index in [-0.39, 0.29) is 11.7 Å². The van der Waals surface area contributed by atoms with E-state index in [2.05, 4.69) is 0 Å². The third kappa shape index (κ3) is 3.96. The highest BCUT2D eigenvalue weighted by Crippen LogP contribution is 2.11. The summed E-state index contributed by atoms with van der Waals surface area (Å²) in [6.07, 6.45) is 0. The molecule has 0 aliphatic heterocycles. The number of carbonyl (C=O) groups is 1. The first-order valence-electron chi connectivity index (χ1n) is 5.70. The van der Waals surface area contributed by atoms with Crippen LogP contribution >= 0.6 is 11.6 Å². The Labute approximate surface area is 111 Å². The van der Waals surface area contributed by atoms with Crippen molar-refractivity contribution in [2.45, 2.75) is 6.92 Å². The maximum atomic E-state index is 13.1. The van der Waals surface area contributed by atoms with E-state index in [1.165, 1.54) is 12.1 Å². The lowest BCUT2D eigenvalue weighted by Crippen LogP contribution is -2.35. The number of ether oxygens (including phenoxy) is 1. The van der Waals surface area contributed by atoms with Gasteiger partial charge in [-0.15, -0.1) is 11.6 Å². The average molecular weight is 274 g/mol. The minimum atomic E-state index is -0.313. The van der Waals surface area contributed by atoms with Crippen molar-refractivity contribution in [3.63, 3.8) is 0 Å². The number of rotatable bonds is 6. The molecule has 0 saturated heterocycles. The van der Waals surface area contributed by atoms with Gasteiger partial charge in [-0.1, -0.05) is 0 Å². The van der Waals surface area contributed by atoms with E-state index < -0.39 is 0 Å². The number of hydrogen-bond acceptors (Lipinski definition) is 2. The van der Waals surface area contributed by atoms with E-state index in [1.54, 1.807) is 25.0 Å². The molecule has 0 aromatic heterocycles. The predicted molar refractivity (Wildman–Crippen MR) is 69.6 cm³/mol. The number of halogens is 2. The standard InChI is InChI=1S/C13H17ClFNO2/c1-10-9-11(3-4-12(10)15)13(17)16(6-5-14)7-8-18-2/h3-4,9H,5-8H2,1-2H3. The van der Waals surface area contributed by atoms with Crippen LogP contribution in [0.15, 0.2) is 18.2 Å². The average Bonchev–Trinajstić information content (AvgIpc) is 2.37. The first kappa shape index (κ1) is 14.9. The van der Waals surface area contributed by atoms with Gasteiger partial charge in [-0.3, -0.25) is 4.79 Å². The molecule has 18 heavy (non-hydrogen) atoms. The zero-order valence-electron chi connectivity index (χ0n) is 10.6. The highest BCUT2D eigenvalue weighted by Gasteiger charge is 2.15. The molecule has 0 heterocycles. The van der Waals surface area contributed by atoms with Crippen LogP contribution in [-0.4, -0.2) is 43.5 Å². The number of alkyl halides is 1. The summed E-state index contributed by atoms with van der Waals surface area (Å²) in [6.45, 7) is 2.99. The molecule has 0 aliphatic carbocycles. The number of carbonyl (C=O) groups excluding carboxylic acids is 1. The van der Waals surface area contributed by atoms with E-state index in [0.29, 0.717) is 36.7 Å². The second-order valence-corrected chi connectivity index (χ2v) is 4.32. The molecule has 1 aromatic rings. The second kappa shape index (κ2) is 7.34. The van der Waals surface area contributed by atoms with Crippen LogP contribution in [0.25, 0.3) is 0 Å². The molecule has 0 aliphatic rings. The van der Waals surface area contributed by atoms with Crippen molar-refractivity contribution in [1.29, 1.82) is 0 Å². The van der Waals surface area contributed by atoms with E-state index in [9.17, 15) is 9.18 Å². The molecule has 0 radical (unpaired) electrons. The van der Waals surface area contributed by atoms with Gasteiger partial charge in [-0.05, 0) is 30.7 Å². The van der Waals surface area contributed by atoms with Gasteiger partial charge in [0.1, 0.15) is 5.82 Å². The first-order chi connectivity index (χ1) is 8.60. The van der Waals surface area contributed by atoms with Crippen molar-refractivity contribution in [3.05, 3.63) is 35.1 Å². The monoisotopic (exact) mass is 273 g/mol. The Morgan fingerprint density at radius 3 is 2.72 bits per heavy atom. The Balaban J connectivity index is 2.83. The largest absolute Gasteiger partial charge is 0.383 e. The highest BCUT2D eigenvalue weighted by atomic mass is 35.5. The fraction of sp³-hybridized carbons (Fsp3) is 0.462. The number of benzene rings is 1. The van der Waals surface area contributed by atoms with E-state index >= 15 is 0 Å².